The molecule has 34 heavy (non-hydrogen) atoms. The first-order chi connectivity index (χ1) is 16.7. The molecule has 4 aromatic rings. The first kappa shape index (κ1) is 19.9. The molecule has 0 fully saturated rings. The Hall–Kier alpha value is -4.76. The van der Waals surface area contributed by atoms with Crippen LogP contribution in [0.4, 0.5) is 0 Å². The number of para-hydroxylation sites is 1. The Bertz CT molecular complexity index is 1490. The molecule has 2 aliphatic heterocycles. The van der Waals surface area contributed by atoms with Crippen LogP contribution < -0.4 is 20.5 Å². The molecule has 0 unspecified atom stereocenters. The maximum absolute atomic E-state index is 9.43. The van der Waals surface area contributed by atoms with Crippen LogP contribution in [-0.4, -0.2) is 11.5 Å². The van der Waals surface area contributed by atoms with E-state index in [1.54, 1.807) is 18.3 Å². The normalized spacial score (nSPS) is 17.6. The maximum Gasteiger partial charge on any atom is 0.145 e. The molecule has 164 valence electrons. The highest BCUT2D eigenvalue weighted by atomic mass is 16.5. The summed E-state index contributed by atoms with van der Waals surface area (Å²) in [4.78, 5) is 4.26. The SMILES string of the molecule is N#Cc1ccccc1Oc1ccc2c(c1)[C@]1(C=C(N)NC1)c1cc(-c3cccnc3)ccc1O2. The molecule has 0 saturated heterocycles. The number of nitrogens with two attached hydrogens (primary N) is 1. The zero-order valence-electron chi connectivity index (χ0n) is 18.2. The predicted octanol–water partition coefficient (Wildman–Crippen LogP) is 5.21. The van der Waals surface area contributed by atoms with Crippen molar-refractivity contribution in [2.24, 2.45) is 5.73 Å². The van der Waals surface area contributed by atoms with Gasteiger partial charge in [-0.2, -0.15) is 5.26 Å². The standard InChI is InChI=1S/C28H20N4O2/c29-15-19-4-1-2-6-24(19)33-21-8-10-26-23(13-21)28(14-27(30)32-17-28)22-12-18(7-9-25(22)34-26)20-5-3-11-31-16-20/h1-14,16,32H,17,30H2/t28-/m0/s1. The molecule has 1 aromatic heterocycles. The molecule has 0 radical (unpaired) electrons. The van der Waals surface area contributed by atoms with Gasteiger partial charge in [-0.3, -0.25) is 4.98 Å². The van der Waals surface area contributed by atoms with Gasteiger partial charge in [-0.1, -0.05) is 24.3 Å². The minimum Gasteiger partial charge on any atom is -0.457 e. The molecular formula is C28H20N4O2. The summed E-state index contributed by atoms with van der Waals surface area (Å²) in [6, 6.07) is 25.2. The average molecular weight is 444 g/mol. The van der Waals surface area contributed by atoms with Gasteiger partial charge in [-0.15, -0.1) is 0 Å². The van der Waals surface area contributed by atoms with Crippen molar-refractivity contribution in [3.63, 3.8) is 0 Å². The van der Waals surface area contributed by atoms with Crippen molar-refractivity contribution in [3.8, 4) is 40.2 Å². The van der Waals surface area contributed by atoms with Crippen molar-refractivity contribution < 1.29 is 9.47 Å². The van der Waals surface area contributed by atoms with E-state index in [2.05, 4.69) is 22.4 Å². The minimum absolute atomic E-state index is 0.476. The summed E-state index contributed by atoms with van der Waals surface area (Å²) in [5.74, 6) is 3.28. The van der Waals surface area contributed by atoms with Crippen LogP contribution in [0, 0.1) is 11.3 Å². The van der Waals surface area contributed by atoms with Gasteiger partial charge in [0.1, 0.15) is 29.1 Å². The zero-order valence-corrected chi connectivity index (χ0v) is 18.2. The summed E-state index contributed by atoms with van der Waals surface area (Å²) >= 11 is 0. The highest BCUT2D eigenvalue weighted by Gasteiger charge is 2.44. The second-order valence-corrected chi connectivity index (χ2v) is 8.35. The number of rotatable bonds is 3. The highest BCUT2D eigenvalue weighted by molar-refractivity contribution is 5.71. The Morgan fingerprint density at radius 3 is 2.56 bits per heavy atom. The molecule has 0 bridgehead atoms. The minimum atomic E-state index is -0.528. The van der Waals surface area contributed by atoms with Gasteiger partial charge < -0.3 is 20.5 Å². The number of pyridine rings is 1. The van der Waals surface area contributed by atoms with Gasteiger partial charge in [0.25, 0.3) is 0 Å². The van der Waals surface area contributed by atoms with E-state index in [9.17, 15) is 5.26 Å². The zero-order chi connectivity index (χ0) is 23.1. The Morgan fingerprint density at radius 2 is 1.79 bits per heavy atom. The van der Waals surface area contributed by atoms with Crippen molar-refractivity contribution in [2.45, 2.75) is 5.41 Å². The first-order valence-corrected chi connectivity index (χ1v) is 10.9. The van der Waals surface area contributed by atoms with Gasteiger partial charge >= 0.3 is 0 Å². The number of nitrogens with one attached hydrogen (secondary N) is 1. The van der Waals surface area contributed by atoms with Crippen LogP contribution in [0.1, 0.15) is 16.7 Å². The van der Waals surface area contributed by atoms with Crippen molar-refractivity contribution >= 4 is 0 Å². The van der Waals surface area contributed by atoms with Crippen molar-refractivity contribution in [3.05, 3.63) is 114 Å². The molecule has 2 aliphatic rings. The molecule has 3 aromatic carbocycles. The fourth-order valence-corrected chi connectivity index (χ4v) is 4.68. The predicted molar refractivity (Wildman–Crippen MR) is 128 cm³/mol. The summed E-state index contributed by atoms with van der Waals surface area (Å²) in [6.07, 6.45) is 5.66. The summed E-state index contributed by atoms with van der Waals surface area (Å²) in [7, 11) is 0. The summed E-state index contributed by atoms with van der Waals surface area (Å²) < 4.78 is 12.4. The van der Waals surface area contributed by atoms with E-state index < -0.39 is 5.41 Å². The van der Waals surface area contributed by atoms with Gasteiger partial charge in [0.05, 0.1) is 16.8 Å². The lowest BCUT2D eigenvalue weighted by atomic mass is 9.72. The van der Waals surface area contributed by atoms with Crippen LogP contribution in [0.5, 0.6) is 23.0 Å². The van der Waals surface area contributed by atoms with Crippen LogP contribution >= 0.6 is 0 Å². The number of benzene rings is 3. The van der Waals surface area contributed by atoms with E-state index >= 15 is 0 Å². The Morgan fingerprint density at radius 1 is 0.971 bits per heavy atom. The number of hydrogen-bond acceptors (Lipinski definition) is 6. The fraction of sp³-hybridized carbons (Fsp3) is 0.0714. The highest BCUT2D eigenvalue weighted by Crippen LogP contribution is 2.52. The Balaban J connectivity index is 1.48. The van der Waals surface area contributed by atoms with Gasteiger partial charge in [0.15, 0.2) is 0 Å². The van der Waals surface area contributed by atoms with Gasteiger partial charge in [-0.25, -0.2) is 0 Å². The second-order valence-electron chi connectivity index (χ2n) is 8.35. The maximum atomic E-state index is 9.43. The summed E-state index contributed by atoms with van der Waals surface area (Å²) in [5, 5.41) is 12.7. The number of hydrogen-bond donors (Lipinski definition) is 2. The van der Waals surface area contributed by atoms with Gasteiger partial charge in [0, 0.05) is 35.6 Å². The molecule has 0 aliphatic carbocycles. The molecule has 3 heterocycles. The number of nitriles is 1. The number of fused-ring (bicyclic) bond motifs is 4. The van der Waals surface area contributed by atoms with Crippen LogP contribution in [0.2, 0.25) is 0 Å². The molecule has 3 N–H and O–H groups in total. The van der Waals surface area contributed by atoms with Crippen molar-refractivity contribution in [1.82, 2.24) is 10.3 Å². The van der Waals surface area contributed by atoms with Crippen molar-refractivity contribution in [2.75, 3.05) is 6.54 Å². The van der Waals surface area contributed by atoms with E-state index in [1.165, 1.54) is 0 Å². The number of ether oxygens (including phenoxy) is 2. The summed E-state index contributed by atoms with van der Waals surface area (Å²) in [5.41, 5.74) is 10.2. The fourth-order valence-electron chi connectivity index (χ4n) is 4.68. The number of nitrogens with zero attached hydrogens (tertiary/aromatic N) is 2. The van der Waals surface area contributed by atoms with Crippen LogP contribution in [0.25, 0.3) is 11.1 Å². The lowest BCUT2D eigenvalue weighted by Gasteiger charge is -2.36. The smallest absolute Gasteiger partial charge is 0.145 e. The first-order valence-electron chi connectivity index (χ1n) is 10.9. The third-order valence-corrected chi connectivity index (χ3v) is 6.32. The third-order valence-electron chi connectivity index (χ3n) is 6.32. The Kier molecular flexibility index (Phi) is 4.49. The van der Waals surface area contributed by atoms with Gasteiger partial charge in [-0.05, 0) is 60.2 Å². The Labute approximate surface area is 196 Å². The lowest BCUT2D eigenvalue weighted by Crippen LogP contribution is -2.34. The largest absolute Gasteiger partial charge is 0.457 e. The molecule has 0 saturated carbocycles. The van der Waals surface area contributed by atoms with Crippen LogP contribution in [0.3, 0.4) is 0 Å². The van der Waals surface area contributed by atoms with E-state index in [4.69, 9.17) is 15.2 Å². The third kappa shape index (κ3) is 3.14. The van der Waals surface area contributed by atoms with Crippen LogP contribution in [0.15, 0.2) is 97.1 Å². The molecular weight excluding hydrogens is 424 g/mol. The van der Waals surface area contributed by atoms with E-state index in [-0.39, 0.29) is 0 Å². The number of aromatic nitrogens is 1. The second kappa shape index (κ2) is 7.68. The van der Waals surface area contributed by atoms with Gasteiger partial charge in [0.2, 0.25) is 0 Å². The monoisotopic (exact) mass is 444 g/mol. The van der Waals surface area contributed by atoms with E-state index in [0.717, 1.165) is 33.8 Å². The quantitative estimate of drug-likeness (QED) is 0.451. The van der Waals surface area contributed by atoms with E-state index in [0.29, 0.717) is 29.4 Å². The average Bonchev–Trinajstić information content (AvgIpc) is 3.27. The lowest BCUT2D eigenvalue weighted by molar-refractivity contribution is 0.419. The van der Waals surface area contributed by atoms with Crippen molar-refractivity contribution in [1.29, 1.82) is 5.26 Å². The summed E-state index contributed by atoms with van der Waals surface area (Å²) in [6.45, 7) is 0.594. The molecule has 1 atom stereocenters. The van der Waals surface area contributed by atoms with Crippen LogP contribution in [-0.2, 0) is 5.41 Å². The topological polar surface area (TPSA) is 93.2 Å². The molecule has 1 spiro atoms. The molecule has 0 amide bonds. The molecule has 6 rings (SSSR count). The molecule has 6 heteroatoms. The van der Waals surface area contributed by atoms with E-state index in [1.807, 2.05) is 66.9 Å². The molecule has 6 nitrogen and oxygen atoms in total.